The Balaban J connectivity index is 1.94. The summed E-state index contributed by atoms with van der Waals surface area (Å²) in [5.74, 6) is 0.115. The van der Waals surface area contributed by atoms with Gasteiger partial charge in [0.2, 0.25) is 0 Å². The quantitative estimate of drug-likeness (QED) is 0.259. The van der Waals surface area contributed by atoms with Crippen molar-refractivity contribution in [3.8, 4) is 11.5 Å². The van der Waals surface area contributed by atoms with E-state index in [9.17, 15) is 9.59 Å². The van der Waals surface area contributed by atoms with Crippen LogP contribution in [0.1, 0.15) is 22.2 Å². The summed E-state index contributed by atoms with van der Waals surface area (Å²) in [6, 6.07) is 6.98. The third kappa shape index (κ3) is 4.43. The summed E-state index contributed by atoms with van der Waals surface area (Å²) in [6.07, 6.45) is 1.74. The van der Waals surface area contributed by atoms with E-state index in [2.05, 4.69) is 15.9 Å². The number of likely N-dealkylation sites (N-methyl/N-ethyl adjacent to an activating group) is 1. The Labute approximate surface area is 178 Å². The first-order chi connectivity index (χ1) is 12.9. The highest BCUT2D eigenvalue weighted by molar-refractivity contribution is 9.10. The molecule has 0 saturated carbocycles. The number of nitrogens with zero attached hydrogens (tertiary/aromatic N) is 1. The van der Waals surface area contributed by atoms with Gasteiger partial charge in [-0.3, -0.25) is 9.69 Å². The zero-order chi connectivity index (χ0) is 19.6. The lowest BCUT2D eigenvalue weighted by molar-refractivity contribution is -0.121. The molecule has 0 radical (unpaired) electrons. The summed E-state index contributed by atoms with van der Waals surface area (Å²) in [5.41, 5.74) is 0.732. The topological polar surface area (TPSA) is 55.8 Å². The molecule has 0 bridgehead atoms. The molecule has 3 rings (SSSR count). The second-order valence-electron chi connectivity index (χ2n) is 5.37. The summed E-state index contributed by atoms with van der Waals surface area (Å²) >= 11 is 11.1. The summed E-state index contributed by atoms with van der Waals surface area (Å²) in [4.78, 5) is 27.0. The molecule has 0 N–H and O–H groups in total. The van der Waals surface area contributed by atoms with Crippen molar-refractivity contribution in [2.75, 3.05) is 13.7 Å². The van der Waals surface area contributed by atoms with Crippen molar-refractivity contribution in [3.63, 3.8) is 0 Å². The van der Waals surface area contributed by atoms with Crippen LogP contribution in [0.4, 0.5) is 0 Å². The van der Waals surface area contributed by atoms with E-state index in [0.29, 0.717) is 36.7 Å². The molecule has 5 nitrogen and oxygen atoms in total. The molecule has 1 amide bonds. The SMILES string of the molecule is CCOc1cc(/C=C2/SC(=S)N(C)C2=O)cc(Br)c1OC(=O)c1cccs1. The molecule has 1 aromatic carbocycles. The maximum Gasteiger partial charge on any atom is 0.353 e. The van der Waals surface area contributed by atoms with Gasteiger partial charge in [-0.2, -0.15) is 0 Å². The Kier molecular flexibility index (Phi) is 6.36. The lowest BCUT2D eigenvalue weighted by Gasteiger charge is -2.13. The number of thioether (sulfide) groups is 1. The molecule has 1 aromatic heterocycles. The molecule has 27 heavy (non-hydrogen) atoms. The average molecular weight is 484 g/mol. The number of carbonyl (C=O) groups excluding carboxylic acids is 2. The van der Waals surface area contributed by atoms with E-state index < -0.39 is 5.97 Å². The minimum absolute atomic E-state index is 0.146. The fourth-order valence-electron chi connectivity index (χ4n) is 2.27. The van der Waals surface area contributed by atoms with Gasteiger partial charge in [0.25, 0.3) is 5.91 Å². The smallest absolute Gasteiger partial charge is 0.353 e. The lowest BCUT2D eigenvalue weighted by atomic mass is 10.2. The highest BCUT2D eigenvalue weighted by Gasteiger charge is 2.29. The molecule has 0 aliphatic carbocycles. The Morgan fingerprint density at radius 1 is 1.41 bits per heavy atom. The van der Waals surface area contributed by atoms with E-state index in [0.717, 1.165) is 5.56 Å². The maximum atomic E-state index is 12.3. The van der Waals surface area contributed by atoms with E-state index in [1.54, 1.807) is 37.4 Å². The number of carbonyl (C=O) groups is 2. The molecule has 0 unspecified atom stereocenters. The van der Waals surface area contributed by atoms with E-state index >= 15 is 0 Å². The van der Waals surface area contributed by atoms with Crippen molar-refractivity contribution >= 4 is 73.5 Å². The highest BCUT2D eigenvalue weighted by Crippen LogP contribution is 2.39. The van der Waals surface area contributed by atoms with Crippen LogP contribution in [0, 0.1) is 0 Å². The molecule has 2 aromatic rings. The number of benzene rings is 1. The third-order valence-electron chi connectivity index (χ3n) is 3.53. The summed E-state index contributed by atoms with van der Waals surface area (Å²) < 4.78 is 12.2. The fraction of sp³-hybridized carbons (Fsp3) is 0.167. The molecule has 0 atom stereocenters. The number of hydrogen-bond donors (Lipinski definition) is 0. The zero-order valence-corrected chi connectivity index (χ0v) is 18.4. The monoisotopic (exact) mass is 483 g/mol. The van der Waals surface area contributed by atoms with E-state index in [4.69, 9.17) is 21.7 Å². The molecule has 1 saturated heterocycles. The van der Waals surface area contributed by atoms with Crippen LogP contribution in [0.2, 0.25) is 0 Å². The van der Waals surface area contributed by atoms with Gasteiger partial charge in [-0.25, -0.2) is 4.79 Å². The van der Waals surface area contributed by atoms with Crippen molar-refractivity contribution in [2.24, 2.45) is 0 Å². The number of amides is 1. The summed E-state index contributed by atoms with van der Waals surface area (Å²) in [5, 5.41) is 1.81. The number of ether oxygens (including phenoxy) is 2. The first-order valence-electron chi connectivity index (χ1n) is 7.84. The predicted molar refractivity (Wildman–Crippen MR) is 116 cm³/mol. The van der Waals surface area contributed by atoms with Crippen molar-refractivity contribution in [1.29, 1.82) is 0 Å². The van der Waals surface area contributed by atoms with E-state index in [-0.39, 0.29) is 5.91 Å². The van der Waals surface area contributed by atoms with Crippen LogP contribution in [0.25, 0.3) is 6.08 Å². The Hall–Kier alpha value is -1.68. The normalized spacial score (nSPS) is 15.5. The van der Waals surface area contributed by atoms with Gasteiger partial charge in [0.1, 0.15) is 9.20 Å². The van der Waals surface area contributed by atoms with Gasteiger partial charge < -0.3 is 9.47 Å². The average Bonchev–Trinajstić information content (AvgIpc) is 3.24. The van der Waals surface area contributed by atoms with Crippen molar-refractivity contribution < 1.29 is 19.1 Å². The Morgan fingerprint density at radius 3 is 2.78 bits per heavy atom. The lowest BCUT2D eigenvalue weighted by Crippen LogP contribution is -2.22. The van der Waals surface area contributed by atoms with Gasteiger partial charge in [0.15, 0.2) is 11.5 Å². The Bertz CT molecular complexity index is 940. The molecule has 1 aliphatic rings. The summed E-state index contributed by atoms with van der Waals surface area (Å²) in [7, 11) is 1.65. The number of rotatable bonds is 5. The van der Waals surface area contributed by atoms with Crippen molar-refractivity contribution in [3.05, 3.63) is 49.5 Å². The first kappa shape index (κ1) is 20.1. The fourth-order valence-corrected chi connectivity index (χ4v) is 4.59. The van der Waals surface area contributed by atoms with Gasteiger partial charge in [0, 0.05) is 7.05 Å². The Morgan fingerprint density at radius 2 is 2.19 bits per heavy atom. The van der Waals surface area contributed by atoms with Crippen LogP contribution in [0.3, 0.4) is 0 Å². The molecule has 0 spiro atoms. The highest BCUT2D eigenvalue weighted by atomic mass is 79.9. The zero-order valence-electron chi connectivity index (χ0n) is 14.4. The van der Waals surface area contributed by atoms with Crippen LogP contribution < -0.4 is 9.47 Å². The van der Waals surface area contributed by atoms with E-state index in [1.165, 1.54) is 28.0 Å². The predicted octanol–water partition coefficient (Wildman–Crippen LogP) is 4.96. The van der Waals surface area contributed by atoms with Crippen molar-refractivity contribution in [2.45, 2.75) is 6.92 Å². The maximum absolute atomic E-state index is 12.3. The van der Waals surface area contributed by atoms with Crippen LogP contribution in [0.15, 0.2) is 39.0 Å². The number of thiocarbonyl (C=S) groups is 1. The van der Waals surface area contributed by atoms with Gasteiger partial charge >= 0.3 is 5.97 Å². The summed E-state index contributed by atoms with van der Waals surface area (Å²) in [6.45, 7) is 2.24. The molecule has 1 aliphatic heterocycles. The molecule has 9 heteroatoms. The number of halogens is 1. The molecule has 2 heterocycles. The number of esters is 1. The van der Waals surface area contributed by atoms with Crippen molar-refractivity contribution in [1.82, 2.24) is 4.90 Å². The number of hydrogen-bond acceptors (Lipinski definition) is 7. The van der Waals surface area contributed by atoms with Gasteiger partial charge in [-0.1, -0.05) is 30.0 Å². The minimum Gasteiger partial charge on any atom is -0.490 e. The second kappa shape index (κ2) is 8.55. The van der Waals surface area contributed by atoms with Gasteiger partial charge in [0.05, 0.1) is 16.0 Å². The second-order valence-corrected chi connectivity index (χ2v) is 8.85. The molecular formula is C18H14BrNO4S3. The van der Waals surface area contributed by atoms with Crippen LogP contribution in [-0.4, -0.2) is 34.8 Å². The van der Waals surface area contributed by atoms with Crippen LogP contribution in [-0.2, 0) is 4.79 Å². The minimum atomic E-state index is -0.453. The number of thiophene rings is 1. The first-order valence-corrected chi connectivity index (χ1v) is 10.7. The van der Waals surface area contributed by atoms with E-state index in [1.807, 2.05) is 12.3 Å². The molecular weight excluding hydrogens is 470 g/mol. The third-order valence-corrected chi connectivity index (χ3v) is 6.46. The van der Waals surface area contributed by atoms with Gasteiger partial charge in [-0.05, 0) is 58.1 Å². The largest absolute Gasteiger partial charge is 0.490 e. The standard InChI is InChI=1S/C18H14BrNO4S3/c1-3-23-12-8-10(9-14-16(21)20(2)18(25)27-14)7-11(19)15(12)24-17(22)13-5-4-6-26-13/h4-9H,3H2,1-2H3/b14-9+. The molecule has 140 valence electrons. The van der Waals surface area contributed by atoms with Gasteiger partial charge in [-0.15, -0.1) is 11.3 Å². The molecule has 1 fully saturated rings. The van der Waals surface area contributed by atoms with Crippen LogP contribution >= 0.6 is 51.2 Å². The van der Waals surface area contributed by atoms with Crippen LogP contribution in [0.5, 0.6) is 11.5 Å².